The van der Waals surface area contributed by atoms with Gasteiger partial charge in [-0.25, -0.2) is 17.9 Å². The van der Waals surface area contributed by atoms with Crippen molar-refractivity contribution in [3.05, 3.63) is 58.1 Å². The molecule has 0 saturated heterocycles. The molecule has 0 aliphatic rings. The summed E-state index contributed by atoms with van der Waals surface area (Å²) in [6, 6.07) is 10.2. The van der Waals surface area contributed by atoms with Gasteiger partial charge >= 0.3 is 6.09 Å². The predicted molar refractivity (Wildman–Crippen MR) is 84.0 cm³/mol. The number of benzene rings is 2. The third-order valence-corrected chi connectivity index (χ3v) is 4.50. The van der Waals surface area contributed by atoms with Gasteiger partial charge in [0.15, 0.2) is 5.75 Å². The molecule has 0 unspecified atom stereocenters. The topological polar surface area (TPSA) is 72.5 Å². The number of hydrogen-bond donors (Lipinski definition) is 1. The van der Waals surface area contributed by atoms with E-state index in [-0.39, 0.29) is 15.7 Å². The Morgan fingerprint density at radius 2 is 1.73 bits per heavy atom. The lowest BCUT2D eigenvalue weighted by molar-refractivity contribution is 0.207. The fraction of sp³-hybridized carbons (Fsp3) is 0.0714. The summed E-state index contributed by atoms with van der Waals surface area (Å²) in [7, 11) is -4.01. The molecule has 1 amide bonds. The molecule has 116 valence electrons. The fourth-order valence-corrected chi connectivity index (χ4v) is 2.89. The molecule has 2 aromatic carbocycles. The van der Waals surface area contributed by atoms with Gasteiger partial charge in [-0.3, -0.25) is 0 Å². The van der Waals surface area contributed by atoms with Crippen LogP contribution in [0, 0.1) is 6.92 Å². The molecule has 5 nitrogen and oxygen atoms in total. The van der Waals surface area contributed by atoms with Crippen LogP contribution >= 0.6 is 23.2 Å². The maximum Gasteiger partial charge on any atom is 0.426 e. The summed E-state index contributed by atoms with van der Waals surface area (Å²) in [5.41, 5.74) is 0.898. The predicted octanol–water partition coefficient (Wildman–Crippen LogP) is 3.78. The molecule has 0 aliphatic carbocycles. The molecule has 0 bridgehead atoms. The van der Waals surface area contributed by atoms with Crippen molar-refractivity contribution < 1.29 is 17.9 Å². The number of ether oxygens (including phenoxy) is 1. The zero-order valence-corrected chi connectivity index (χ0v) is 13.7. The Labute approximate surface area is 137 Å². The maximum absolute atomic E-state index is 12.0. The molecule has 8 heteroatoms. The first-order valence-corrected chi connectivity index (χ1v) is 8.28. The zero-order chi connectivity index (χ0) is 16.3. The molecule has 0 saturated carbocycles. The number of sulfonamides is 1. The summed E-state index contributed by atoms with van der Waals surface area (Å²) in [5.74, 6) is 0.00247. The van der Waals surface area contributed by atoms with Gasteiger partial charge in [0.05, 0.1) is 9.92 Å². The van der Waals surface area contributed by atoms with Crippen molar-refractivity contribution in [3.63, 3.8) is 0 Å². The Hall–Kier alpha value is -1.76. The maximum atomic E-state index is 12.0. The van der Waals surface area contributed by atoms with Crippen molar-refractivity contribution in [2.24, 2.45) is 0 Å². The number of halogens is 2. The van der Waals surface area contributed by atoms with Crippen molar-refractivity contribution in [1.29, 1.82) is 0 Å². The number of carbonyl (C=O) groups is 1. The number of nitrogens with one attached hydrogen (secondary N) is 1. The summed E-state index contributed by atoms with van der Waals surface area (Å²) in [6.07, 6.45) is -1.16. The van der Waals surface area contributed by atoms with Gasteiger partial charge in [-0.1, -0.05) is 40.9 Å². The van der Waals surface area contributed by atoms with Crippen LogP contribution in [0.4, 0.5) is 4.79 Å². The van der Waals surface area contributed by atoms with Crippen LogP contribution in [0.5, 0.6) is 5.75 Å². The van der Waals surface area contributed by atoms with Crippen molar-refractivity contribution in [3.8, 4) is 5.75 Å². The summed E-state index contributed by atoms with van der Waals surface area (Å²) < 4.78 is 30.7. The zero-order valence-electron chi connectivity index (χ0n) is 11.3. The number of hydrogen-bond acceptors (Lipinski definition) is 4. The standard InChI is InChI=1S/C14H11Cl2NO4S/c1-9-2-5-11(6-3-9)22(19,20)17-14(18)21-13-7-4-10(15)8-12(13)16/h2-8H,1H3,(H,17,18). The summed E-state index contributed by atoms with van der Waals surface area (Å²) >= 11 is 11.6. The number of aryl methyl sites for hydroxylation is 1. The quantitative estimate of drug-likeness (QED) is 0.904. The summed E-state index contributed by atoms with van der Waals surface area (Å²) in [6.45, 7) is 1.82. The molecule has 1 N–H and O–H groups in total. The minimum Gasteiger partial charge on any atom is -0.408 e. The molecule has 0 heterocycles. The van der Waals surface area contributed by atoms with Crippen LogP contribution in [-0.2, 0) is 10.0 Å². The van der Waals surface area contributed by atoms with Gasteiger partial charge in [-0.05, 0) is 37.3 Å². The van der Waals surface area contributed by atoms with E-state index in [1.165, 1.54) is 30.3 Å². The molecular weight excluding hydrogens is 349 g/mol. The lowest BCUT2D eigenvalue weighted by Crippen LogP contribution is -2.33. The number of amides is 1. The molecule has 2 aromatic rings. The summed E-state index contributed by atoms with van der Waals surface area (Å²) in [5, 5.41) is 0.459. The van der Waals surface area contributed by atoms with Gasteiger partial charge in [-0.15, -0.1) is 0 Å². The Kier molecular flexibility index (Phi) is 4.95. The van der Waals surface area contributed by atoms with Crippen LogP contribution < -0.4 is 9.46 Å². The Morgan fingerprint density at radius 1 is 1.09 bits per heavy atom. The second-order valence-electron chi connectivity index (χ2n) is 4.38. The third kappa shape index (κ3) is 4.13. The molecular formula is C14H11Cl2NO4S. The number of carbonyl (C=O) groups excluding carboxylic acids is 1. The van der Waals surface area contributed by atoms with E-state index < -0.39 is 16.1 Å². The largest absolute Gasteiger partial charge is 0.426 e. The first-order valence-electron chi connectivity index (χ1n) is 6.04. The SMILES string of the molecule is Cc1ccc(S(=O)(=O)NC(=O)Oc2ccc(Cl)cc2Cl)cc1. The van der Waals surface area contributed by atoms with E-state index in [1.807, 2.05) is 6.92 Å². The second kappa shape index (κ2) is 6.56. The van der Waals surface area contributed by atoms with Crippen molar-refractivity contribution in [2.45, 2.75) is 11.8 Å². The lowest BCUT2D eigenvalue weighted by atomic mass is 10.2. The highest BCUT2D eigenvalue weighted by atomic mass is 35.5. The van der Waals surface area contributed by atoms with E-state index in [0.29, 0.717) is 5.02 Å². The average Bonchev–Trinajstić information content (AvgIpc) is 2.42. The van der Waals surface area contributed by atoms with Crippen LogP contribution in [-0.4, -0.2) is 14.5 Å². The monoisotopic (exact) mass is 359 g/mol. The molecule has 0 radical (unpaired) electrons. The van der Waals surface area contributed by atoms with E-state index in [0.717, 1.165) is 5.56 Å². The summed E-state index contributed by atoms with van der Waals surface area (Å²) in [4.78, 5) is 11.7. The van der Waals surface area contributed by atoms with Crippen LogP contribution in [0.2, 0.25) is 10.0 Å². The van der Waals surface area contributed by atoms with Crippen molar-refractivity contribution in [1.82, 2.24) is 4.72 Å². The van der Waals surface area contributed by atoms with Crippen LogP contribution in [0.3, 0.4) is 0 Å². The Balaban J connectivity index is 2.12. The highest BCUT2D eigenvalue weighted by molar-refractivity contribution is 7.90. The molecule has 22 heavy (non-hydrogen) atoms. The Bertz CT molecular complexity index is 804. The molecule has 0 spiro atoms. The van der Waals surface area contributed by atoms with Crippen LogP contribution in [0.25, 0.3) is 0 Å². The van der Waals surface area contributed by atoms with Gasteiger partial charge in [0.2, 0.25) is 0 Å². The first kappa shape index (κ1) is 16.6. The van der Waals surface area contributed by atoms with Gasteiger partial charge in [0.25, 0.3) is 10.0 Å². The second-order valence-corrected chi connectivity index (χ2v) is 6.91. The van der Waals surface area contributed by atoms with E-state index in [9.17, 15) is 13.2 Å². The van der Waals surface area contributed by atoms with Crippen LogP contribution in [0.15, 0.2) is 47.4 Å². The van der Waals surface area contributed by atoms with E-state index >= 15 is 0 Å². The Morgan fingerprint density at radius 3 is 2.32 bits per heavy atom. The van der Waals surface area contributed by atoms with Crippen molar-refractivity contribution >= 4 is 39.3 Å². The minimum absolute atomic E-state index is 0.00247. The smallest absolute Gasteiger partial charge is 0.408 e. The molecule has 2 rings (SSSR count). The normalized spacial score (nSPS) is 11.0. The minimum atomic E-state index is -4.01. The van der Waals surface area contributed by atoms with Gasteiger partial charge in [0, 0.05) is 5.02 Å². The van der Waals surface area contributed by atoms with Crippen molar-refractivity contribution in [2.75, 3.05) is 0 Å². The molecule has 0 aromatic heterocycles. The van der Waals surface area contributed by atoms with Gasteiger partial charge in [0.1, 0.15) is 0 Å². The van der Waals surface area contributed by atoms with E-state index in [1.54, 1.807) is 16.9 Å². The third-order valence-electron chi connectivity index (χ3n) is 2.65. The lowest BCUT2D eigenvalue weighted by Gasteiger charge is -2.09. The fourth-order valence-electron chi connectivity index (χ4n) is 1.56. The molecule has 0 aliphatic heterocycles. The molecule has 0 atom stereocenters. The number of rotatable bonds is 3. The van der Waals surface area contributed by atoms with Gasteiger partial charge in [-0.2, -0.15) is 0 Å². The van der Waals surface area contributed by atoms with E-state index in [2.05, 4.69) is 0 Å². The first-order chi connectivity index (χ1) is 10.3. The highest BCUT2D eigenvalue weighted by Crippen LogP contribution is 2.27. The molecule has 0 fully saturated rings. The van der Waals surface area contributed by atoms with E-state index in [4.69, 9.17) is 27.9 Å². The highest BCUT2D eigenvalue weighted by Gasteiger charge is 2.19. The van der Waals surface area contributed by atoms with Gasteiger partial charge < -0.3 is 4.74 Å². The van der Waals surface area contributed by atoms with Crippen LogP contribution in [0.1, 0.15) is 5.56 Å². The average molecular weight is 360 g/mol.